The lowest BCUT2D eigenvalue weighted by Crippen LogP contribution is -1.99. The van der Waals surface area contributed by atoms with E-state index in [0.29, 0.717) is 0 Å². The average Bonchev–Trinajstić information content (AvgIpc) is 3.57. The predicted octanol–water partition coefficient (Wildman–Crippen LogP) is 9.63. The predicted molar refractivity (Wildman–Crippen MR) is 172 cm³/mol. The van der Waals surface area contributed by atoms with Crippen LogP contribution in [0.5, 0.6) is 11.5 Å². The third kappa shape index (κ3) is 3.74. The van der Waals surface area contributed by atoms with Crippen LogP contribution in [0.2, 0.25) is 0 Å². The van der Waals surface area contributed by atoms with Gasteiger partial charge in [0.2, 0.25) is 0 Å². The SMILES string of the molecule is COc1ccc(C2c3ccccc3-c3cc(-c4ccc5c(c4)c4ccccc4n5-c4ccc(OC)cc4)ccc32)cc1. The highest BCUT2D eigenvalue weighted by molar-refractivity contribution is 6.10. The molecule has 0 spiro atoms. The van der Waals surface area contributed by atoms with Gasteiger partial charge in [-0.2, -0.15) is 0 Å². The van der Waals surface area contributed by atoms with Gasteiger partial charge >= 0.3 is 0 Å². The van der Waals surface area contributed by atoms with Gasteiger partial charge in [0, 0.05) is 22.4 Å². The summed E-state index contributed by atoms with van der Waals surface area (Å²) in [7, 11) is 3.42. The smallest absolute Gasteiger partial charge is 0.119 e. The Balaban J connectivity index is 1.26. The third-order valence-electron chi connectivity index (χ3n) is 8.71. The van der Waals surface area contributed by atoms with Gasteiger partial charge < -0.3 is 14.0 Å². The first-order valence-corrected chi connectivity index (χ1v) is 14.3. The van der Waals surface area contributed by atoms with Crippen LogP contribution in [-0.4, -0.2) is 18.8 Å². The summed E-state index contributed by atoms with van der Waals surface area (Å²) in [5, 5.41) is 2.49. The second-order valence-electron chi connectivity index (χ2n) is 10.9. The molecule has 8 rings (SSSR count). The fourth-order valence-electron chi connectivity index (χ4n) is 6.70. The largest absolute Gasteiger partial charge is 0.497 e. The number of hydrogen-bond acceptors (Lipinski definition) is 2. The molecule has 0 N–H and O–H groups in total. The number of rotatable bonds is 5. The van der Waals surface area contributed by atoms with E-state index in [9.17, 15) is 0 Å². The molecule has 0 bridgehead atoms. The summed E-state index contributed by atoms with van der Waals surface area (Å²) in [6.07, 6.45) is 0. The Bertz CT molecular complexity index is 2100. The average molecular weight is 544 g/mol. The molecule has 0 aliphatic heterocycles. The van der Waals surface area contributed by atoms with Gasteiger partial charge in [0.1, 0.15) is 11.5 Å². The fraction of sp³-hybridized carbons (Fsp3) is 0.0769. The maximum atomic E-state index is 5.42. The Morgan fingerprint density at radius 1 is 0.500 bits per heavy atom. The molecular formula is C39H29NO2. The van der Waals surface area contributed by atoms with E-state index in [-0.39, 0.29) is 5.92 Å². The molecule has 0 amide bonds. The molecule has 0 radical (unpaired) electrons. The molecule has 7 aromatic rings. The molecule has 3 heteroatoms. The summed E-state index contributed by atoms with van der Waals surface area (Å²) in [6, 6.07) is 48.1. The van der Waals surface area contributed by atoms with Crippen LogP contribution in [0.4, 0.5) is 0 Å². The highest BCUT2D eigenvalue weighted by Gasteiger charge is 2.30. The lowest BCUT2D eigenvalue weighted by molar-refractivity contribution is 0.414. The van der Waals surface area contributed by atoms with Gasteiger partial charge in [-0.1, -0.05) is 72.8 Å². The minimum absolute atomic E-state index is 0.209. The molecule has 0 saturated carbocycles. The second kappa shape index (κ2) is 9.67. The van der Waals surface area contributed by atoms with E-state index in [1.54, 1.807) is 14.2 Å². The van der Waals surface area contributed by atoms with Crippen molar-refractivity contribution in [2.75, 3.05) is 14.2 Å². The third-order valence-corrected chi connectivity index (χ3v) is 8.71. The summed E-state index contributed by atoms with van der Waals surface area (Å²) in [5.41, 5.74) is 12.6. The number of aromatic nitrogens is 1. The Hall–Kier alpha value is -5.28. The minimum atomic E-state index is 0.209. The molecule has 6 aromatic carbocycles. The molecule has 42 heavy (non-hydrogen) atoms. The Morgan fingerprint density at radius 2 is 1.12 bits per heavy atom. The Labute approximate surface area is 245 Å². The first kappa shape index (κ1) is 24.5. The molecule has 1 atom stereocenters. The van der Waals surface area contributed by atoms with Gasteiger partial charge in [0.25, 0.3) is 0 Å². The molecule has 1 aliphatic carbocycles. The van der Waals surface area contributed by atoms with Crippen LogP contribution >= 0.6 is 0 Å². The number of hydrogen-bond donors (Lipinski definition) is 0. The van der Waals surface area contributed by atoms with Gasteiger partial charge in [-0.25, -0.2) is 0 Å². The first-order chi connectivity index (χ1) is 20.7. The second-order valence-corrected chi connectivity index (χ2v) is 10.9. The standard InChI is InChI=1S/C39H29NO2/c1-41-29-17-11-25(12-18-29)39-33-9-4-3-7-31(33)35-23-26(13-21-34(35)39)27-14-22-38-36(24-27)32-8-5-6-10-37(32)40(38)28-15-19-30(42-2)20-16-28/h3-24,39H,1-2H3. The zero-order valence-electron chi connectivity index (χ0n) is 23.5. The van der Waals surface area contributed by atoms with Gasteiger partial charge in [0.15, 0.2) is 0 Å². The van der Waals surface area contributed by atoms with Gasteiger partial charge in [0.05, 0.1) is 25.3 Å². The molecule has 1 aromatic heterocycles. The zero-order chi connectivity index (χ0) is 28.2. The first-order valence-electron chi connectivity index (χ1n) is 14.3. The van der Waals surface area contributed by atoms with Crippen molar-refractivity contribution >= 4 is 21.8 Å². The summed E-state index contributed by atoms with van der Waals surface area (Å²) >= 11 is 0. The van der Waals surface area contributed by atoms with Crippen LogP contribution in [0, 0.1) is 0 Å². The molecule has 1 heterocycles. The van der Waals surface area contributed by atoms with Crippen LogP contribution in [0.15, 0.2) is 133 Å². The van der Waals surface area contributed by atoms with E-state index in [1.165, 1.54) is 60.8 Å². The van der Waals surface area contributed by atoms with Gasteiger partial charge in [-0.3, -0.25) is 0 Å². The van der Waals surface area contributed by atoms with E-state index >= 15 is 0 Å². The topological polar surface area (TPSA) is 23.4 Å². The van der Waals surface area contributed by atoms with Crippen molar-refractivity contribution in [1.82, 2.24) is 4.57 Å². The normalized spacial score (nSPS) is 13.7. The highest BCUT2D eigenvalue weighted by atomic mass is 16.5. The Morgan fingerprint density at radius 3 is 1.90 bits per heavy atom. The molecule has 0 saturated heterocycles. The molecule has 3 nitrogen and oxygen atoms in total. The quantitative estimate of drug-likeness (QED) is 0.216. The van der Waals surface area contributed by atoms with Crippen molar-refractivity contribution in [3.8, 4) is 39.4 Å². The van der Waals surface area contributed by atoms with E-state index in [2.05, 4.69) is 126 Å². The van der Waals surface area contributed by atoms with Crippen molar-refractivity contribution in [2.45, 2.75) is 5.92 Å². The van der Waals surface area contributed by atoms with Crippen LogP contribution in [-0.2, 0) is 0 Å². The van der Waals surface area contributed by atoms with E-state index in [4.69, 9.17) is 9.47 Å². The molecule has 0 fully saturated rings. The molecule has 1 aliphatic rings. The molecule has 202 valence electrons. The highest BCUT2D eigenvalue weighted by Crippen LogP contribution is 2.49. The Kier molecular flexibility index (Phi) is 5.65. The van der Waals surface area contributed by atoms with Crippen LogP contribution in [0.3, 0.4) is 0 Å². The van der Waals surface area contributed by atoms with Crippen LogP contribution in [0.25, 0.3) is 49.7 Å². The number of fused-ring (bicyclic) bond motifs is 6. The van der Waals surface area contributed by atoms with Gasteiger partial charge in [-0.15, -0.1) is 0 Å². The van der Waals surface area contributed by atoms with Crippen molar-refractivity contribution in [3.63, 3.8) is 0 Å². The van der Waals surface area contributed by atoms with Crippen molar-refractivity contribution in [3.05, 3.63) is 150 Å². The van der Waals surface area contributed by atoms with Crippen LogP contribution in [0.1, 0.15) is 22.6 Å². The number of benzene rings is 6. The van der Waals surface area contributed by atoms with Crippen LogP contribution < -0.4 is 9.47 Å². The van der Waals surface area contributed by atoms with Crippen molar-refractivity contribution in [1.29, 1.82) is 0 Å². The summed E-state index contributed by atoms with van der Waals surface area (Å²) < 4.78 is 13.2. The lowest BCUT2D eigenvalue weighted by Gasteiger charge is -2.15. The summed E-state index contributed by atoms with van der Waals surface area (Å²) in [5.74, 6) is 1.94. The molecule has 1 unspecified atom stereocenters. The number of para-hydroxylation sites is 1. The zero-order valence-corrected chi connectivity index (χ0v) is 23.5. The fourth-order valence-corrected chi connectivity index (χ4v) is 6.70. The number of methoxy groups -OCH3 is 2. The van der Waals surface area contributed by atoms with Crippen molar-refractivity contribution < 1.29 is 9.47 Å². The summed E-state index contributed by atoms with van der Waals surface area (Å²) in [6.45, 7) is 0. The molecular weight excluding hydrogens is 514 g/mol. The number of nitrogens with zero attached hydrogens (tertiary/aromatic N) is 1. The lowest BCUT2D eigenvalue weighted by atomic mass is 9.89. The monoisotopic (exact) mass is 543 g/mol. The van der Waals surface area contributed by atoms with E-state index in [0.717, 1.165) is 17.2 Å². The number of ether oxygens (including phenoxy) is 2. The maximum absolute atomic E-state index is 5.42. The van der Waals surface area contributed by atoms with E-state index < -0.39 is 0 Å². The van der Waals surface area contributed by atoms with Crippen molar-refractivity contribution in [2.24, 2.45) is 0 Å². The minimum Gasteiger partial charge on any atom is -0.497 e. The summed E-state index contributed by atoms with van der Waals surface area (Å²) in [4.78, 5) is 0. The maximum Gasteiger partial charge on any atom is 0.119 e. The van der Waals surface area contributed by atoms with E-state index in [1.807, 2.05) is 12.1 Å². The van der Waals surface area contributed by atoms with Gasteiger partial charge in [-0.05, 0) is 99.6 Å².